The van der Waals surface area contributed by atoms with E-state index >= 15 is 0 Å². The number of aromatic nitrogens is 2. The maximum absolute atomic E-state index is 11.4. The predicted molar refractivity (Wildman–Crippen MR) is 57.4 cm³/mol. The number of carbonyl (C=O) groups is 1. The largest absolute Gasteiger partial charge is 0.337 e. The third kappa shape index (κ3) is 1.93. The number of aryl methyl sites for hydroxylation is 1. The zero-order chi connectivity index (χ0) is 10.8. The molecule has 0 aliphatic carbocycles. The van der Waals surface area contributed by atoms with Crippen LogP contribution in [0.1, 0.15) is 11.4 Å². The lowest BCUT2D eigenvalue weighted by Gasteiger charge is -2.17. The van der Waals surface area contributed by atoms with Gasteiger partial charge in [0, 0.05) is 25.2 Å². The van der Waals surface area contributed by atoms with Gasteiger partial charge in [-0.3, -0.25) is 9.48 Å². The lowest BCUT2D eigenvalue weighted by atomic mass is 10.3. The zero-order valence-electron chi connectivity index (χ0n) is 8.94. The molecule has 1 aromatic heterocycles. The van der Waals surface area contributed by atoms with Crippen LogP contribution in [0.5, 0.6) is 0 Å². The van der Waals surface area contributed by atoms with Gasteiger partial charge in [-0.1, -0.05) is 6.58 Å². The van der Waals surface area contributed by atoms with Crippen molar-refractivity contribution in [2.45, 2.75) is 19.9 Å². The molecule has 0 bridgehead atoms. The molecule has 2 rings (SSSR count). The van der Waals surface area contributed by atoms with Crippen LogP contribution in [0.15, 0.2) is 18.7 Å². The fourth-order valence-corrected chi connectivity index (χ4v) is 1.92. The highest BCUT2D eigenvalue weighted by atomic mass is 16.2. The topological polar surface area (TPSA) is 38.1 Å². The fourth-order valence-electron chi connectivity index (χ4n) is 1.92. The first-order chi connectivity index (χ1) is 7.20. The Morgan fingerprint density at radius 2 is 2.33 bits per heavy atom. The number of carbonyl (C=O) groups excluding carboxylic acids is 1. The van der Waals surface area contributed by atoms with Crippen molar-refractivity contribution in [1.29, 1.82) is 0 Å². The molecule has 0 atom stereocenters. The molecule has 0 saturated heterocycles. The minimum Gasteiger partial charge on any atom is -0.337 e. The Morgan fingerprint density at radius 1 is 1.53 bits per heavy atom. The SMILES string of the molecule is C=CC(=O)N1CCc2cc(C)nn2CC1. The highest BCUT2D eigenvalue weighted by molar-refractivity contribution is 5.87. The van der Waals surface area contributed by atoms with Crippen molar-refractivity contribution >= 4 is 5.91 Å². The van der Waals surface area contributed by atoms with Gasteiger partial charge >= 0.3 is 0 Å². The quantitative estimate of drug-likeness (QED) is 0.635. The number of amides is 1. The van der Waals surface area contributed by atoms with Gasteiger partial charge in [0.15, 0.2) is 0 Å². The van der Waals surface area contributed by atoms with Gasteiger partial charge < -0.3 is 4.90 Å². The molecule has 0 N–H and O–H groups in total. The van der Waals surface area contributed by atoms with E-state index in [1.165, 1.54) is 11.8 Å². The molecule has 2 heterocycles. The van der Waals surface area contributed by atoms with Crippen LogP contribution in [0.2, 0.25) is 0 Å². The standard InChI is InChI=1S/C11H15N3O/c1-3-11(15)13-5-4-10-8-9(2)12-14(10)7-6-13/h3,8H,1,4-7H2,2H3. The smallest absolute Gasteiger partial charge is 0.246 e. The summed E-state index contributed by atoms with van der Waals surface area (Å²) in [5.41, 5.74) is 2.26. The van der Waals surface area contributed by atoms with E-state index in [1.54, 1.807) is 0 Å². The molecule has 0 unspecified atom stereocenters. The van der Waals surface area contributed by atoms with Crippen LogP contribution in [-0.2, 0) is 17.8 Å². The Kier molecular flexibility index (Phi) is 2.58. The Labute approximate surface area is 89.2 Å². The first-order valence-corrected chi connectivity index (χ1v) is 5.15. The van der Waals surface area contributed by atoms with E-state index in [0.29, 0.717) is 0 Å². The summed E-state index contributed by atoms with van der Waals surface area (Å²) in [5.74, 6) is 0.0116. The van der Waals surface area contributed by atoms with Crippen molar-refractivity contribution in [1.82, 2.24) is 14.7 Å². The number of nitrogens with zero attached hydrogens (tertiary/aromatic N) is 3. The van der Waals surface area contributed by atoms with Gasteiger partial charge in [-0.2, -0.15) is 5.10 Å². The monoisotopic (exact) mass is 205 g/mol. The Balaban J connectivity index is 2.12. The number of rotatable bonds is 1. The van der Waals surface area contributed by atoms with Crippen LogP contribution >= 0.6 is 0 Å². The summed E-state index contributed by atoms with van der Waals surface area (Å²) in [6.45, 7) is 7.76. The molecular formula is C11H15N3O. The molecule has 0 spiro atoms. The van der Waals surface area contributed by atoms with Gasteiger partial charge in [0.2, 0.25) is 5.91 Å². The Morgan fingerprint density at radius 3 is 3.07 bits per heavy atom. The van der Waals surface area contributed by atoms with E-state index in [9.17, 15) is 4.79 Å². The van der Waals surface area contributed by atoms with Crippen LogP contribution in [0, 0.1) is 6.92 Å². The molecule has 0 radical (unpaired) electrons. The molecule has 0 aromatic carbocycles. The lowest BCUT2D eigenvalue weighted by Crippen LogP contribution is -2.32. The van der Waals surface area contributed by atoms with Gasteiger partial charge in [-0.15, -0.1) is 0 Å². The van der Waals surface area contributed by atoms with E-state index < -0.39 is 0 Å². The van der Waals surface area contributed by atoms with Gasteiger partial charge in [-0.05, 0) is 19.1 Å². The molecule has 15 heavy (non-hydrogen) atoms. The van der Waals surface area contributed by atoms with E-state index in [4.69, 9.17) is 0 Å². The molecule has 4 nitrogen and oxygen atoms in total. The lowest BCUT2D eigenvalue weighted by molar-refractivity contribution is -0.126. The van der Waals surface area contributed by atoms with Crippen molar-refractivity contribution < 1.29 is 4.79 Å². The third-order valence-corrected chi connectivity index (χ3v) is 2.69. The van der Waals surface area contributed by atoms with E-state index in [2.05, 4.69) is 17.7 Å². The van der Waals surface area contributed by atoms with Crippen molar-refractivity contribution in [2.75, 3.05) is 13.1 Å². The predicted octanol–water partition coefficient (Wildman–Crippen LogP) is 0.762. The molecule has 1 aromatic rings. The summed E-state index contributed by atoms with van der Waals surface area (Å²) in [6.07, 6.45) is 2.25. The van der Waals surface area contributed by atoms with Gasteiger partial charge in [0.1, 0.15) is 0 Å². The minimum atomic E-state index is 0.0116. The summed E-state index contributed by atoms with van der Waals surface area (Å²) in [5, 5.41) is 4.38. The van der Waals surface area contributed by atoms with Gasteiger partial charge in [0.05, 0.1) is 12.2 Å². The van der Waals surface area contributed by atoms with Crippen molar-refractivity contribution in [3.63, 3.8) is 0 Å². The van der Waals surface area contributed by atoms with Crippen LogP contribution < -0.4 is 0 Å². The van der Waals surface area contributed by atoms with Crippen LogP contribution in [-0.4, -0.2) is 33.7 Å². The Bertz CT molecular complexity index is 369. The molecule has 4 heteroatoms. The molecular weight excluding hydrogens is 190 g/mol. The third-order valence-electron chi connectivity index (χ3n) is 2.69. The van der Waals surface area contributed by atoms with Crippen molar-refractivity contribution in [2.24, 2.45) is 0 Å². The molecule has 0 fully saturated rings. The van der Waals surface area contributed by atoms with Crippen LogP contribution in [0.4, 0.5) is 0 Å². The average molecular weight is 205 g/mol. The van der Waals surface area contributed by atoms with E-state index in [0.717, 1.165) is 31.7 Å². The van der Waals surface area contributed by atoms with Crippen LogP contribution in [0.3, 0.4) is 0 Å². The highest BCUT2D eigenvalue weighted by Gasteiger charge is 2.16. The maximum Gasteiger partial charge on any atom is 0.246 e. The summed E-state index contributed by atoms with van der Waals surface area (Å²) in [6, 6.07) is 2.09. The molecule has 1 aliphatic heterocycles. The summed E-state index contributed by atoms with van der Waals surface area (Å²) >= 11 is 0. The molecule has 1 aliphatic rings. The first kappa shape index (κ1) is 9.96. The number of hydrogen-bond donors (Lipinski definition) is 0. The van der Waals surface area contributed by atoms with Crippen molar-refractivity contribution in [3.8, 4) is 0 Å². The van der Waals surface area contributed by atoms with E-state index in [-0.39, 0.29) is 5.91 Å². The number of hydrogen-bond acceptors (Lipinski definition) is 2. The van der Waals surface area contributed by atoms with Crippen molar-refractivity contribution in [3.05, 3.63) is 30.1 Å². The first-order valence-electron chi connectivity index (χ1n) is 5.15. The Hall–Kier alpha value is -1.58. The second kappa shape index (κ2) is 3.88. The summed E-state index contributed by atoms with van der Waals surface area (Å²) in [7, 11) is 0. The minimum absolute atomic E-state index is 0.0116. The van der Waals surface area contributed by atoms with Gasteiger partial charge in [0.25, 0.3) is 0 Å². The highest BCUT2D eigenvalue weighted by Crippen LogP contribution is 2.10. The van der Waals surface area contributed by atoms with E-state index in [1.807, 2.05) is 16.5 Å². The average Bonchev–Trinajstić information content (AvgIpc) is 2.47. The molecule has 80 valence electrons. The molecule has 0 saturated carbocycles. The van der Waals surface area contributed by atoms with Crippen LogP contribution in [0.25, 0.3) is 0 Å². The fraction of sp³-hybridized carbons (Fsp3) is 0.455. The maximum atomic E-state index is 11.4. The second-order valence-electron chi connectivity index (χ2n) is 3.78. The second-order valence-corrected chi connectivity index (χ2v) is 3.78. The molecule has 1 amide bonds. The number of fused-ring (bicyclic) bond motifs is 1. The normalized spacial score (nSPS) is 15.7. The van der Waals surface area contributed by atoms with Gasteiger partial charge in [-0.25, -0.2) is 0 Å². The summed E-state index contributed by atoms with van der Waals surface area (Å²) in [4.78, 5) is 13.3. The summed E-state index contributed by atoms with van der Waals surface area (Å²) < 4.78 is 1.99. The zero-order valence-corrected chi connectivity index (χ0v) is 8.94.